The molecule has 5 heteroatoms. The first-order valence-electron chi connectivity index (χ1n) is 5.12. The van der Waals surface area contributed by atoms with E-state index in [4.69, 9.17) is 9.84 Å². The zero-order valence-electron chi connectivity index (χ0n) is 9.33. The molecular formula is C12H12N2O3. The molecule has 0 atom stereocenters. The summed E-state index contributed by atoms with van der Waals surface area (Å²) in [7, 11) is 0. The average molecular weight is 232 g/mol. The van der Waals surface area contributed by atoms with E-state index in [2.05, 4.69) is 5.10 Å². The Morgan fingerprint density at radius 3 is 2.88 bits per heavy atom. The van der Waals surface area contributed by atoms with Crippen molar-refractivity contribution in [1.29, 1.82) is 0 Å². The van der Waals surface area contributed by atoms with Crippen molar-refractivity contribution in [3.05, 3.63) is 42.2 Å². The topological polar surface area (TPSA) is 64.4 Å². The molecule has 0 radical (unpaired) electrons. The third kappa shape index (κ3) is 2.63. The Hall–Kier alpha value is -2.30. The molecule has 1 aromatic carbocycles. The van der Waals surface area contributed by atoms with E-state index >= 15 is 0 Å². The molecule has 1 heterocycles. The first-order chi connectivity index (χ1) is 8.16. The zero-order valence-corrected chi connectivity index (χ0v) is 9.33. The Morgan fingerprint density at radius 2 is 2.24 bits per heavy atom. The smallest absolute Gasteiger partial charge is 0.341 e. The molecule has 5 nitrogen and oxygen atoms in total. The molecule has 17 heavy (non-hydrogen) atoms. The molecule has 1 aromatic heterocycles. The third-order valence-corrected chi connectivity index (χ3v) is 2.17. The number of carboxylic acids is 1. The lowest BCUT2D eigenvalue weighted by molar-refractivity contribution is -0.139. The van der Waals surface area contributed by atoms with Gasteiger partial charge in [0.25, 0.3) is 0 Å². The second-order valence-electron chi connectivity index (χ2n) is 3.61. The molecule has 0 aliphatic carbocycles. The molecule has 2 rings (SSSR count). The third-order valence-electron chi connectivity index (χ3n) is 2.17. The van der Waals surface area contributed by atoms with Crippen LogP contribution in [0.4, 0.5) is 0 Å². The summed E-state index contributed by atoms with van der Waals surface area (Å²) in [6.07, 6.45) is 3.58. The summed E-state index contributed by atoms with van der Waals surface area (Å²) in [6.45, 7) is 1.57. The fourth-order valence-corrected chi connectivity index (χ4v) is 1.45. The first kappa shape index (κ1) is 11.2. The van der Waals surface area contributed by atoms with Crippen molar-refractivity contribution in [3.63, 3.8) is 0 Å². The quantitative estimate of drug-likeness (QED) is 0.870. The Labute approximate surface area is 98.3 Å². The van der Waals surface area contributed by atoms with Crippen LogP contribution >= 0.6 is 0 Å². The minimum Gasteiger partial charge on any atom is -0.480 e. The molecule has 88 valence electrons. The highest BCUT2D eigenvalue weighted by Gasteiger charge is 2.07. The number of aromatic nitrogens is 2. The maximum atomic E-state index is 10.5. The fraction of sp³-hybridized carbons (Fsp3) is 0.167. The van der Waals surface area contributed by atoms with E-state index in [-0.39, 0.29) is 6.61 Å². The van der Waals surface area contributed by atoms with E-state index in [1.807, 2.05) is 25.3 Å². The second-order valence-corrected chi connectivity index (χ2v) is 3.61. The number of ether oxygens (including phenoxy) is 1. The minimum atomic E-state index is -1.00. The standard InChI is InChI=1S/C12H12N2O3/c1-9-6-13-14(7-9)10-4-2-3-5-11(10)17-8-12(15)16/h2-7H,8H2,1H3,(H,15,16). The van der Waals surface area contributed by atoms with Gasteiger partial charge in [-0.1, -0.05) is 12.1 Å². The predicted octanol–water partition coefficient (Wildman–Crippen LogP) is 1.64. The van der Waals surface area contributed by atoms with Crippen LogP contribution in [0.3, 0.4) is 0 Å². The molecule has 0 aliphatic rings. The summed E-state index contributed by atoms with van der Waals surface area (Å²) in [4.78, 5) is 10.5. The number of aliphatic carboxylic acids is 1. The Morgan fingerprint density at radius 1 is 1.47 bits per heavy atom. The molecular weight excluding hydrogens is 220 g/mol. The van der Waals surface area contributed by atoms with Crippen LogP contribution in [0.2, 0.25) is 0 Å². The van der Waals surface area contributed by atoms with E-state index in [0.29, 0.717) is 5.75 Å². The van der Waals surface area contributed by atoms with Gasteiger partial charge in [0.1, 0.15) is 11.4 Å². The molecule has 0 unspecified atom stereocenters. The van der Waals surface area contributed by atoms with Crippen LogP contribution in [-0.4, -0.2) is 27.5 Å². The minimum absolute atomic E-state index is 0.364. The summed E-state index contributed by atoms with van der Waals surface area (Å²) in [5, 5.41) is 12.8. The number of carboxylic acid groups (broad SMARTS) is 1. The van der Waals surface area contributed by atoms with E-state index < -0.39 is 5.97 Å². The van der Waals surface area contributed by atoms with Gasteiger partial charge in [-0.25, -0.2) is 9.48 Å². The van der Waals surface area contributed by atoms with Crippen molar-refractivity contribution in [2.24, 2.45) is 0 Å². The molecule has 0 saturated carbocycles. The fourth-order valence-electron chi connectivity index (χ4n) is 1.45. The monoisotopic (exact) mass is 232 g/mol. The number of rotatable bonds is 4. The number of hydrogen-bond donors (Lipinski definition) is 1. The van der Waals surface area contributed by atoms with Gasteiger partial charge in [-0.3, -0.25) is 0 Å². The normalized spacial score (nSPS) is 10.2. The van der Waals surface area contributed by atoms with Gasteiger partial charge in [0.05, 0.1) is 6.20 Å². The second kappa shape index (κ2) is 4.69. The molecule has 1 N–H and O–H groups in total. The van der Waals surface area contributed by atoms with Gasteiger partial charge < -0.3 is 9.84 Å². The van der Waals surface area contributed by atoms with Crippen LogP contribution in [0.5, 0.6) is 5.75 Å². The van der Waals surface area contributed by atoms with Gasteiger partial charge in [0.15, 0.2) is 6.61 Å². The number of nitrogens with zero attached hydrogens (tertiary/aromatic N) is 2. The average Bonchev–Trinajstić information content (AvgIpc) is 2.73. The number of benzene rings is 1. The summed E-state index contributed by atoms with van der Waals surface area (Å²) in [5.41, 5.74) is 1.75. The molecule has 2 aromatic rings. The molecule has 0 aliphatic heterocycles. The lowest BCUT2D eigenvalue weighted by Crippen LogP contribution is -2.11. The van der Waals surface area contributed by atoms with Crippen LogP contribution in [0.15, 0.2) is 36.7 Å². The number of aryl methyl sites for hydroxylation is 1. The van der Waals surface area contributed by atoms with E-state index in [0.717, 1.165) is 11.3 Å². The highest BCUT2D eigenvalue weighted by atomic mass is 16.5. The van der Waals surface area contributed by atoms with Crippen molar-refractivity contribution in [3.8, 4) is 11.4 Å². The van der Waals surface area contributed by atoms with Gasteiger partial charge in [0.2, 0.25) is 0 Å². The lowest BCUT2D eigenvalue weighted by atomic mass is 10.3. The number of para-hydroxylation sites is 2. The summed E-state index contributed by atoms with van der Waals surface area (Å²) in [5.74, 6) is -0.505. The van der Waals surface area contributed by atoms with E-state index in [9.17, 15) is 4.79 Å². The predicted molar refractivity (Wildman–Crippen MR) is 61.4 cm³/mol. The highest BCUT2D eigenvalue weighted by molar-refractivity contribution is 5.68. The summed E-state index contributed by atoms with van der Waals surface area (Å²) in [6, 6.07) is 7.18. The van der Waals surface area contributed by atoms with Gasteiger partial charge in [-0.05, 0) is 24.6 Å². The van der Waals surface area contributed by atoms with E-state index in [1.165, 1.54) is 0 Å². The lowest BCUT2D eigenvalue weighted by Gasteiger charge is -2.09. The van der Waals surface area contributed by atoms with Gasteiger partial charge in [-0.2, -0.15) is 5.10 Å². The molecule has 0 spiro atoms. The Kier molecular flexibility index (Phi) is 3.09. The summed E-state index contributed by atoms with van der Waals surface area (Å²) < 4.78 is 6.86. The van der Waals surface area contributed by atoms with Crippen molar-refractivity contribution in [1.82, 2.24) is 9.78 Å². The van der Waals surface area contributed by atoms with Crippen molar-refractivity contribution in [2.45, 2.75) is 6.92 Å². The largest absolute Gasteiger partial charge is 0.480 e. The number of carbonyl (C=O) groups is 1. The van der Waals surface area contributed by atoms with Gasteiger partial charge in [0, 0.05) is 6.20 Å². The molecule has 0 fully saturated rings. The Bertz CT molecular complexity index is 534. The zero-order chi connectivity index (χ0) is 12.3. The highest BCUT2D eigenvalue weighted by Crippen LogP contribution is 2.21. The van der Waals surface area contributed by atoms with Crippen LogP contribution in [0.25, 0.3) is 5.69 Å². The van der Waals surface area contributed by atoms with Crippen molar-refractivity contribution in [2.75, 3.05) is 6.61 Å². The molecule has 0 saturated heterocycles. The maximum Gasteiger partial charge on any atom is 0.341 e. The van der Waals surface area contributed by atoms with Crippen LogP contribution in [0, 0.1) is 6.92 Å². The van der Waals surface area contributed by atoms with Crippen LogP contribution < -0.4 is 4.74 Å². The first-order valence-corrected chi connectivity index (χ1v) is 5.12. The Balaban J connectivity index is 2.30. The SMILES string of the molecule is Cc1cnn(-c2ccccc2OCC(=O)O)c1. The van der Waals surface area contributed by atoms with Crippen molar-refractivity contribution < 1.29 is 14.6 Å². The van der Waals surface area contributed by atoms with Gasteiger partial charge >= 0.3 is 5.97 Å². The van der Waals surface area contributed by atoms with Crippen LogP contribution in [0.1, 0.15) is 5.56 Å². The van der Waals surface area contributed by atoms with Crippen LogP contribution in [-0.2, 0) is 4.79 Å². The number of hydrogen-bond acceptors (Lipinski definition) is 3. The van der Waals surface area contributed by atoms with Crippen molar-refractivity contribution >= 4 is 5.97 Å². The molecule has 0 bridgehead atoms. The summed E-state index contributed by atoms with van der Waals surface area (Å²) >= 11 is 0. The maximum absolute atomic E-state index is 10.5. The van der Waals surface area contributed by atoms with E-state index in [1.54, 1.807) is 23.0 Å². The van der Waals surface area contributed by atoms with Gasteiger partial charge in [-0.15, -0.1) is 0 Å². The molecule has 0 amide bonds.